The zero-order chi connectivity index (χ0) is 25.7. The van der Waals surface area contributed by atoms with Crippen molar-refractivity contribution in [2.24, 2.45) is 0 Å². The number of ether oxygens (including phenoxy) is 1. The Kier molecular flexibility index (Phi) is 7.80. The monoisotopic (exact) mass is 505 g/mol. The lowest BCUT2D eigenvalue weighted by Crippen LogP contribution is -2.29. The number of halogens is 1. The van der Waals surface area contributed by atoms with Crippen molar-refractivity contribution in [2.75, 3.05) is 26.0 Å². The van der Waals surface area contributed by atoms with Crippen molar-refractivity contribution in [3.63, 3.8) is 0 Å². The summed E-state index contributed by atoms with van der Waals surface area (Å²) in [5.41, 5.74) is 3.44. The normalized spacial score (nSPS) is 10.9. The van der Waals surface area contributed by atoms with E-state index in [2.05, 4.69) is 25.4 Å². The van der Waals surface area contributed by atoms with Crippen LogP contribution in [0.5, 0.6) is 5.75 Å². The first-order valence-electron chi connectivity index (χ1n) is 11.5. The Bertz CT molecular complexity index is 1340. The van der Waals surface area contributed by atoms with E-state index in [0.29, 0.717) is 46.6 Å². The molecule has 186 valence electrons. The highest BCUT2D eigenvalue weighted by Gasteiger charge is 2.16. The first-order chi connectivity index (χ1) is 17.4. The van der Waals surface area contributed by atoms with Gasteiger partial charge in [-0.1, -0.05) is 17.7 Å². The van der Waals surface area contributed by atoms with Gasteiger partial charge in [0.2, 0.25) is 5.95 Å². The summed E-state index contributed by atoms with van der Waals surface area (Å²) in [4.78, 5) is 27.8. The number of pyridine rings is 1. The van der Waals surface area contributed by atoms with Crippen LogP contribution < -0.4 is 10.1 Å². The molecule has 1 amide bonds. The lowest BCUT2D eigenvalue weighted by molar-refractivity contribution is 0.0796. The van der Waals surface area contributed by atoms with Crippen LogP contribution in [0.2, 0.25) is 5.02 Å². The molecule has 0 saturated carbocycles. The Balaban J connectivity index is 1.50. The maximum absolute atomic E-state index is 13.0. The van der Waals surface area contributed by atoms with Gasteiger partial charge in [0.25, 0.3) is 5.91 Å². The van der Waals surface area contributed by atoms with E-state index in [1.807, 2.05) is 42.9 Å². The van der Waals surface area contributed by atoms with Gasteiger partial charge in [-0.25, -0.2) is 9.97 Å². The van der Waals surface area contributed by atoms with Gasteiger partial charge in [-0.2, -0.15) is 5.10 Å². The highest BCUT2D eigenvalue weighted by molar-refractivity contribution is 6.32. The van der Waals surface area contributed by atoms with E-state index < -0.39 is 0 Å². The highest BCUT2D eigenvalue weighted by Crippen LogP contribution is 2.31. The van der Waals surface area contributed by atoms with Crippen LogP contribution in [0.3, 0.4) is 0 Å². The Labute approximate surface area is 215 Å². The summed E-state index contributed by atoms with van der Waals surface area (Å²) in [6.07, 6.45) is 7.59. The summed E-state index contributed by atoms with van der Waals surface area (Å²) >= 11 is 6.37. The number of anilines is 2. The van der Waals surface area contributed by atoms with Crippen LogP contribution in [0.15, 0.2) is 61.2 Å². The number of hydrogen-bond donors (Lipinski definition) is 1. The molecule has 0 bridgehead atoms. The van der Waals surface area contributed by atoms with Crippen molar-refractivity contribution in [1.82, 2.24) is 29.6 Å². The fourth-order valence-corrected chi connectivity index (χ4v) is 3.77. The van der Waals surface area contributed by atoms with E-state index in [1.54, 1.807) is 55.8 Å². The quantitative estimate of drug-likeness (QED) is 0.340. The molecule has 3 heterocycles. The van der Waals surface area contributed by atoms with Gasteiger partial charge < -0.3 is 15.0 Å². The molecule has 0 saturated heterocycles. The lowest BCUT2D eigenvalue weighted by Gasteiger charge is -2.18. The Morgan fingerprint density at radius 1 is 1.19 bits per heavy atom. The van der Waals surface area contributed by atoms with Gasteiger partial charge >= 0.3 is 0 Å². The van der Waals surface area contributed by atoms with E-state index in [-0.39, 0.29) is 11.9 Å². The van der Waals surface area contributed by atoms with Gasteiger partial charge in [0.05, 0.1) is 35.9 Å². The molecule has 1 aromatic carbocycles. The molecule has 0 radical (unpaired) electrons. The summed E-state index contributed by atoms with van der Waals surface area (Å²) in [6, 6.07) is 11.2. The Hall–Kier alpha value is -3.98. The van der Waals surface area contributed by atoms with E-state index in [9.17, 15) is 4.79 Å². The molecular formula is C26H28ClN7O2. The predicted octanol–water partition coefficient (Wildman–Crippen LogP) is 5.04. The lowest BCUT2D eigenvalue weighted by atomic mass is 10.1. The third-order valence-electron chi connectivity index (χ3n) is 5.62. The van der Waals surface area contributed by atoms with Gasteiger partial charge in [0.1, 0.15) is 5.75 Å². The van der Waals surface area contributed by atoms with Gasteiger partial charge in [0.15, 0.2) is 0 Å². The smallest absolute Gasteiger partial charge is 0.253 e. The first-order valence-corrected chi connectivity index (χ1v) is 11.9. The number of likely N-dealkylation sites (N-methyl/N-ethyl adjacent to an activating group) is 1. The predicted molar refractivity (Wildman–Crippen MR) is 140 cm³/mol. The topological polar surface area (TPSA) is 98.1 Å². The maximum atomic E-state index is 13.0. The molecule has 1 N–H and O–H groups in total. The summed E-state index contributed by atoms with van der Waals surface area (Å²) < 4.78 is 7.39. The third kappa shape index (κ3) is 5.80. The van der Waals surface area contributed by atoms with Crippen LogP contribution >= 0.6 is 11.6 Å². The van der Waals surface area contributed by atoms with Crippen LogP contribution in [0.4, 0.5) is 11.6 Å². The number of benzene rings is 1. The molecule has 0 aliphatic carbocycles. The van der Waals surface area contributed by atoms with Crippen molar-refractivity contribution in [1.29, 1.82) is 0 Å². The van der Waals surface area contributed by atoms with Crippen LogP contribution in [-0.2, 0) is 6.42 Å². The number of amides is 1. The number of rotatable bonds is 9. The molecule has 9 nitrogen and oxygen atoms in total. The van der Waals surface area contributed by atoms with E-state index in [4.69, 9.17) is 16.3 Å². The maximum Gasteiger partial charge on any atom is 0.253 e. The molecule has 0 aliphatic rings. The molecule has 10 heteroatoms. The second kappa shape index (κ2) is 11.2. The number of nitrogens with zero attached hydrogens (tertiary/aromatic N) is 6. The molecule has 0 aliphatic heterocycles. The van der Waals surface area contributed by atoms with Crippen molar-refractivity contribution in [3.05, 3.63) is 77.5 Å². The third-order valence-corrected chi connectivity index (χ3v) is 5.90. The van der Waals surface area contributed by atoms with E-state index in [0.717, 1.165) is 11.3 Å². The average molecular weight is 506 g/mol. The molecule has 0 unspecified atom stereocenters. The van der Waals surface area contributed by atoms with Crippen LogP contribution in [0.1, 0.15) is 35.9 Å². The first kappa shape index (κ1) is 25.1. The molecule has 4 aromatic rings. The summed E-state index contributed by atoms with van der Waals surface area (Å²) in [7, 11) is 3.32. The average Bonchev–Trinajstić information content (AvgIpc) is 3.39. The molecule has 36 heavy (non-hydrogen) atoms. The van der Waals surface area contributed by atoms with Crippen LogP contribution in [0, 0.1) is 0 Å². The van der Waals surface area contributed by atoms with Gasteiger partial charge in [-0.05, 0) is 44.2 Å². The fraction of sp³-hybridized carbons (Fsp3) is 0.269. The molecule has 0 fully saturated rings. The van der Waals surface area contributed by atoms with Crippen LogP contribution in [-0.4, -0.2) is 56.2 Å². The molecule has 0 atom stereocenters. The fourth-order valence-electron chi connectivity index (χ4n) is 3.57. The zero-order valence-electron chi connectivity index (χ0n) is 20.6. The van der Waals surface area contributed by atoms with Crippen molar-refractivity contribution in [2.45, 2.75) is 26.3 Å². The number of aromatic nitrogens is 5. The minimum Gasteiger partial charge on any atom is -0.495 e. The molecule has 0 spiro atoms. The van der Waals surface area contributed by atoms with Crippen molar-refractivity contribution in [3.8, 4) is 17.0 Å². The zero-order valence-corrected chi connectivity index (χ0v) is 21.4. The number of carbonyl (C=O) groups is 1. The highest BCUT2D eigenvalue weighted by atomic mass is 35.5. The SMILES string of the molecule is COc1cc(C(=O)N(C)CCc2ccccn2)ccc1Nc1ncc(Cl)c(-c2cnn(C(C)C)c2)n1. The summed E-state index contributed by atoms with van der Waals surface area (Å²) in [6.45, 7) is 4.64. The minimum absolute atomic E-state index is 0.108. The van der Waals surface area contributed by atoms with Gasteiger partial charge in [-0.3, -0.25) is 14.5 Å². The van der Waals surface area contributed by atoms with Gasteiger partial charge in [-0.15, -0.1) is 0 Å². The Morgan fingerprint density at radius 2 is 2.03 bits per heavy atom. The number of nitrogens with one attached hydrogen (secondary N) is 1. The largest absolute Gasteiger partial charge is 0.495 e. The number of hydrogen-bond acceptors (Lipinski definition) is 7. The standard InChI is InChI=1S/C26H28ClN7O2/c1-17(2)34-16-19(14-30-34)24-21(27)15-29-26(32-24)31-22-9-8-18(13-23(22)36-4)25(35)33(3)12-10-20-7-5-6-11-28-20/h5-9,11,13-17H,10,12H2,1-4H3,(H,29,31,32). The van der Waals surface area contributed by atoms with E-state index in [1.165, 1.54) is 0 Å². The van der Waals surface area contributed by atoms with Crippen molar-refractivity contribution >= 4 is 29.1 Å². The van der Waals surface area contributed by atoms with Crippen molar-refractivity contribution < 1.29 is 9.53 Å². The van der Waals surface area contributed by atoms with E-state index >= 15 is 0 Å². The second-order valence-corrected chi connectivity index (χ2v) is 8.94. The summed E-state index contributed by atoms with van der Waals surface area (Å²) in [5.74, 6) is 0.728. The summed E-state index contributed by atoms with van der Waals surface area (Å²) in [5, 5.41) is 7.95. The minimum atomic E-state index is -0.108. The van der Waals surface area contributed by atoms with Gasteiger partial charge in [0, 0.05) is 55.3 Å². The molecule has 4 rings (SSSR count). The second-order valence-electron chi connectivity index (χ2n) is 8.53. The van der Waals surface area contributed by atoms with Crippen LogP contribution in [0.25, 0.3) is 11.3 Å². The Morgan fingerprint density at radius 3 is 2.72 bits per heavy atom. The number of methoxy groups -OCH3 is 1. The molecule has 3 aromatic heterocycles. The number of carbonyl (C=O) groups excluding carboxylic acids is 1. The molecular weight excluding hydrogens is 478 g/mol.